The van der Waals surface area contributed by atoms with Gasteiger partial charge in [0.25, 0.3) is 11.5 Å². The molecule has 0 aliphatic heterocycles. The van der Waals surface area contributed by atoms with E-state index in [9.17, 15) is 9.59 Å². The molecule has 0 saturated carbocycles. The van der Waals surface area contributed by atoms with Crippen molar-refractivity contribution in [3.8, 4) is 0 Å². The highest BCUT2D eigenvalue weighted by molar-refractivity contribution is 6.30. The zero-order valence-electron chi connectivity index (χ0n) is 12.9. The predicted molar refractivity (Wildman–Crippen MR) is 88.1 cm³/mol. The van der Waals surface area contributed by atoms with Crippen LogP contribution in [0.2, 0.25) is 5.02 Å². The normalized spacial score (nSPS) is 10.8. The lowest BCUT2D eigenvalue weighted by Crippen LogP contribution is -2.37. The molecule has 0 aliphatic carbocycles. The number of aromatic nitrogens is 1. The molecule has 116 valence electrons. The maximum absolute atomic E-state index is 12.7. The highest BCUT2D eigenvalue weighted by Gasteiger charge is 2.19. The number of pyridine rings is 1. The summed E-state index contributed by atoms with van der Waals surface area (Å²) in [5, 5.41) is 0.641. The summed E-state index contributed by atoms with van der Waals surface area (Å²) in [7, 11) is 1.66. The van der Waals surface area contributed by atoms with Crippen LogP contribution in [0.4, 0.5) is 0 Å². The lowest BCUT2D eigenvalue weighted by molar-refractivity contribution is 0.0690. The molecule has 0 unspecified atom stereocenters. The number of nitrogens with zero attached hydrogens (tertiary/aromatic N) is 2. The smallest absolute Gasteiger partial charge is 0.254 e. The van der Waals surface area contributed by atoms with Gasteiger partial charge in [-0.2, -0.15) is 0 Å². The fraction of sp³-hybridized carbons (Fsp3) is 0.294. The number of carbonyl (C=O) groups excluding carboxylic acids is 1. The Balaban J connectivity index is 2.29. The molecule has 1 aromatic heterocycles. The van der Waals surface area contributed by atoms with Crippen LogP contribution in [0.15, 0.2) is 47.4 Å². The largest absolute Gasteiger partial charge is 0.332 e. The second-order valence-electron chi connectivity index (χ2n) is 5.52. The lowest BCUT2D eigenvalue weighted by atomic mass is 10.1. The van der Waals surface area contributed by atoms with Gasteiger partial charge in [0, 0.05) is 42.5 Å². The Morgan fingerprint density at radius 1 is 1.27 bits per heavy atom. The quantitative estimate of drug-likeness (QED) is 0.869. The Morgan fingerprint density at radius 2 is 2.00 bits per heavy atom. The second kappa shape index (κ2) is 6.79. The lowest BCUT2D eigenvalue weighted by Gasteiger charge is -2.27. The molecule has 0 N–H and O–H groups in total. The van der Waals surface area contributed by atoms with Crippen molar-refractivity contribution in [2.24, 2.45) is 7.05 Å². The third-order valence-corrected chi connectivity index (χ3v) is 3.71. The number of rotatable bonds is 4. The molecule has 1 aromatic carbocycles. The first-order valence-electron chi connectivity index (χ1n) is 7.10. The fourth-order valence-corrected chi connectivity index (χ4v) is 2.38. The first-order chi connectivity index (χ1) is 10.4. The van der Waals surface area contributed by atoms with E-state index in [1.807, 2.05) is 32.0 Å². The van der Waals surface area contributed by atoms with E-state index >= 15 is 0 Å². The maximum atomic E-state index is 12.7. The Morgan fingerprint density at radius 3 is 2.59 bits per heavy atom. The molecule has 0 spiro atoms. The van der Waals surface area contributed by atoms with E-state index in [4.69, 9.17) is 11.6 Å². The maximum Gasteiger partial charge on any atom is 0.254 e. The molecule has 1 amide bonds. The molecule has 22 heavy (non-hydrogen) atoms. The molecule has 0 aliphatic rings. The van der Waals surface area contributed by atoms with Crippen molar-refractivity contribution in [2.45, 2.75) is 26.4 Å². The number of halogens is 1. The van der Waals surface area contributed by atoms with Crippen LogP contribution in [0.25, 0.3) is 0 Å². The molecule has 0 saturated heterocycles. The van der Waals surface area contributed by atoms with Crippen molar-refractivity contribution in [1.29, 1.82) is 0 Å². The van der Waals surface area contributed by atoms with Crippen LogP contribution in [-0.2, 0) is 13.6 Å². The van der Waals surface area contributed by atoms with Gasteiger partial charge in [0.05, 0.1) is 0 Å². The number of benzene rings is 1. The van der Waals surface area contributed by atoms with Crippen molar-refractivity contribution < 1.29 is 4.79 Å². The first kappa shape index (κ1) is 16.3. The summed E-state index contributed by atoms with van der Waals surface area (Å²) in [5.41, 5.74) is 1.16. The van der Waals surface area contributed by atoms with Gasteiger partial charge in [-0.1, -0.05) is 23.7 Å². The predicted octanol–water partition coefficient (Wildman–Crippen LogP) is 3.09. The van der Waals surface area contributed by atoms with Gasteiger partial charge in [0.2, 0.25) is 0 Å². The van der Waals surface area contributed by atoms with E-state index < -0.39 is 0 Å². The Bertz CT molecular complexity index is 737. The molecule has 0 fully saturated rings. The zero-order valence-corrected chi connectivity index (χ0v) is 13.7. The van der Waals surface area contributed by atoms with Crippen molar-refractivity contribution in [1.82, 2.24) is 9.47 Å². The molecule has 0 radical (unpaired) electrons. The van der Waals surface area contributed by atoms with Gasteiger partial charge in [-0.15, -0.1) is 0 Å². The van der Waals surface area contributed by atoms with Gasteiger partial charge in [-0.05, 0) is 37.6 Å². The van der Waals surface area contributed by atoms with Crippen LogP contribution in [0, 0.1) is 0 Å². The van der Waals surface area contributed by atoms with Crippen molar-refractivity contribution in [3.05, 3.63) is 69.1 Å². The topological polar surface area (TPSA) is 42.3 Å². The van der Waals surface area contributed by atoms with Crippen LogP contribution in [0.5, 0.6) is 0 Å². The minimum absolute atomic E-state index is 0.00976. The SMILES string of the molecule is CC(C)N(Cc1cccc(Cl)c1)C(=O)c1ccn(C)c(=O)c1. The summed E-state index contributed by atoms with van der Waals surface area (Å²) in [6.07, 6.45) is 1.60. The molecule has 0 bridgehead atoms. The standard InChI is InChI=1S/C17H19ClN2O2/c1-12(2)20(11-13-5-4-6-15(18)9-13)17(22)14-7-8-19(3)16(21)10-14/h4-10,12H,11H2,1-3H3. The summed E-state index contributed by atoms with van der Waals surface area (Å²) in [6.45, 7) is 4.35. The highest BCUT2D eigenvalue weighted by atomic mass is 35.5. The summed E-state index contributed by atoms with van der Waals surface area (Å²) in [6, 6.07) is 10.5. The van der Waals surface area contributed by atoms with Crippen molar-refractivity contribution in [3.63, 3.8) is 0 Å². The molecule has 2 aromatic rings. The summed E-state index contributed by atoms with van der Waals surface area (Å²) in [5.74, 6) is -0.160. The van der Waals surface area contributed by atoms with Crippen molar-refractivity contribution >= 4 is 17.5 Å². The zero-order chi connectivity index (χ0) is 16.3. The Kier molecular flexibility index (Phi) is 5.03. The number of hydrogen-bond donors (Lipinski definition) is 0. The molecule has 0 atom stereocenters. The summed E-state index contributed by atoms with van der Waals surface area (Å²) < 4.78 is 1.44. The number of hydrogen-bond acceptors (Lipinski definition) is 2. The molecule has 1 heterocycles. The third-order valence-electron chi connectivity index (χ3n) is 3.48. The highest BCUT2D eigenvalue weighted by Crippen LogP contribution is 2.16. The van der Waals surface area contributed by atoms with Gasteiger partial charge in [0.15, 0.2) is 0 Å². The minimum Gasteiger partial charge on any atom is -0.332 e. The minimum atomic E-state index is -0.197. The molecule has 4 nitrogen and oxygen atoms in total. The molecule has 2 rings (SSSR count). The third kappa shape index (κ3) is 3.77. The van der Waals surface area contributed by atoms with Crippen molar-refractivity contribution in [2.75, 3.05) is 0 Å². The van der Waals surface area contributed by atoms with Crippen LogP contribution < -0.4 is 5.56 Å². The number of carbonyl (C=O) groups is 1. The second-order valence-corrected chi connectivity index (χ2v) is 5.96. The van der Waals surface area contributed by atoms with Crippen LogP contribution >= 0.6 is 11.6 Å². The monoisotopic (exact) mass is 318 g/mol. The Hall–Kier alpha value is -2.07. The number of aryl methyl sites for hydroxylation is 1. The van der Waals surface area contributed by atoms with Gasteiger partial charge >= 0.3 is 0 Å². The molecule has 5 heteroatoms. The summed E-state index contributed by atoms with van der Waals surface area (Å²) in [4.78, 5) is 26.1. The van der Waals surface area contributed by atoms with Gasteiger partial charge < -0.3 is 9.47 Å². The molecular weight excluding hydrogens is 300 g/mol. The Labute approximate surface area is 134 Å². The first-order valence-corrected chi connectivity index (χ1v) is 7.48. The average molecular weight is 319 g/mol. The van der Waals surface area contributed by atoms with Crippen LogP contribution in [0.1, 0.15) is 29.8 Å². The number of amides is 1. The van der Waals surface area contributed by atoms with E-state index in [0.717, 1.165) is 5.56 Å². The van der Waals surface area contributed by atoms with Gasteiger partial charge in [0.1, 0.15) is 0 Å². The van der Waals surface area contributed by atoms with Gasteiger partial charge in [-0.3, -0.25) is 9.59 Å². The average Bonchev–Trinajstić information content (AvgIpc) is 2.47. The van der Waals surface area contributed by atoms with Gasteiger partial charge in [-0.25, -0.2) is 0 Å². The van der Waals surface area contributed by atoms with Crippen LogP contribution in [-0.4, -0.2) is 21.4 Å². The van der Waals surface area contributed by atoms with Crippen LogP contribution in [0.3, 0.4) is 0 Å². The van der Waals surface area contributed by atoms with E-state index in [0.29, 0.717) is 17.1 Å². The van der Waals surface area contributed by atoms with E-state index in [1.165, 1.54) is 10.6 Å². The van der Waals surface area contributed by atoms with E-state index in [2.05, 4.69) is 0 Å². The summed E-state index contributed by atoms with van der Waals surface area (Å²) >= 11 is 6.00. The van der Waals surface area contributed by atoms with E-state index in [-0.39, 0.29) is 17.5 Å². The van der Waals surface area contributed by atoms with E-state index in [1.54, 1.807) is 30.3 Å². The fourth-order valence-electron chi connectivity index (χ4n) is 2.17. The molecular formula is C17H19ClN2O2.